The molecule has 0 aliphatic carbocycles. The molecule has 1 heterocycles. The molecule has 1 amide bonds. The van der Waals surface area contributed by atoms with E-state index in [1.165, 1.54) is 6.20 Å². The van der Waals surface area contributed by atoms with Gasteiger partial charge < -0.3 is 11.1 Å². The average molecular weight is 210 g/mol. The van der Waals surface area contributed by atoms with Crippen LogP contribution in [0.3, 0.4) is 0 Å². The Morgan fingerprint density at radius 2 is 2.43 bits per heavy atom. The van der Waals surface area contributed by atoms with E-state index in [1.54, 1.807) is 19.1 Å². The number of hydrogen-bond donors (Lipinski definition) is 2. The Morgan fingerprint density at radius 3 is 2.93 bits per heavy atom. The molecule has 0 saturated carbocycles. The van der Waals surface area contributed by atoms with Gasteiger partial charge in [0.05, 0.1) is 10.9 Å². The van der Waals surface area contributed by atoms with Crippen LogP contribution >= 0.6 is 12.2 Å². The van der Waals surface area contributed by atoms with Crippen molar-refractivity contribution >= 4 is 28.9 Å². The fraction of sp³-hybridized carbons (Fsp3) is 0.250. The number of thiocarbonyl (C=S) groups is 1. The van der Waals surface area contributed by atoms with E-state index >= 15 is 0 Å². The molecule has 1 aromatic heterocycles. The molecule has 5 nitrogen and oxygen atoms in total. The normalized spacial score (nSPS) is 11.8. The van der Waals surface area contributed by atoms with Crippen molar-refractivity contribution in [1.29, 1.82) is 0 Å². The number of hydrogen-bond acceptors (Lipinski definition) is 4. The third kappa shape index (κ3) is 2.74. The molecule has 1 unspecified atom stereocenters. The molecule has 0 aliphatic rings. The monoisotopic (exact) mass is 210 g/mol. The maximum atomic E-state index is 11.4. The second-order valence-electron chi connectivity index (χ2n) is 2.72. The summed E-state index contributed by atoms with van der Waals surface area (Å²) in [7, 11) is 0. The summed E-state index contributed by atoms with van der Waals surface area (Å²) in [5.74, 6) is -0.398. The smallest absolute Gasteiger partial charge is 0.235 e. The predicted molar refractivity (Wildman–Crippen MR) is 56.6 cm³/mol. The highest BCUT2D eigenvalue weighted by Crippen LogP contribution is 2.03. The molecule has 1 atom stereocenters. The van der Waals surface area contributed by atoms with Crippen LogP contribution in [0.5, 0.6) is 0 Å². The predicted octanol–water partition coefficient (Wildman–Crippen LogP) is 0.337. The van der Waals surface area contributed by atoms with Crippen LogP contribution in [0.1, 0.15) is 6.92 Å². The van der Waals surface area contributed by atoms with Crippen LogP contribution in [-0.2, 0) is 4.79 Å². The SMILES string of the molecule is CC(C(=O)Nc1cccnn1)C(N)=S. The lowest BCUT2D eigenvalue weighted by atomic mass is 10.2. The number of carbonyl (C=O) groups excluding carboxylic acids is 1. The summed E-state index contributed by atoms with van der Waals surface area (Å²) in [6.07, 6.45) is 1.52. The number of amides is 1. The van der Waals surface area contributed by atoms with Crippen LogP contribution in [0.4, 0.5) is 5.82 Å². The second kappa shape index (κ2) is 4.61. The highest BCUT2D eigenvalue weighted by molar-refractivity contribution is 7.80. The van der Waals surface area contributed by atoms with Gasteiger partial charge in [-0.15, -0.1) is 5.10 Å². The first-order valence-corrected chi connectivity index (χ1v) is 4.40. The minimum Gasteiger partial charge on any atom is -0.393 e. The molecule has 1 aromatic rings. The Balaban J connectivity index is 2.62. The van der Waals surface area contributed by atoms with E-state index in [0.29, 0.717) is 5.82 Å². The second-order valence-corrected chi connectivity index (χ2v) is 3.19. The van der Waals surface area contributed by atoms with Gasteiger partial charge in [0.2, 0.25) is 5.91 Å². The van der Waals surface area contributed by atoms with Crippen LogP contribution in [0.25, 0.3) is 0 Å². The number of anilines is 1. The maximum Gasteiger partial charge on any atom is 0.235 e. The molecular weight excluding hydrogens is 200 g/mol. The Hall–Kier alpha value is -1.56. The van der Waals surface area contributed by atoms with Crippen molar-refractivity contribution in [3.8, 4) is 0 Å². The highest BCUT2D eigenvalue weighted by Gasteiger charge is 2.15. The Morgan fingerprint density at radius 1 is 1.71 bits per heavy atom. The molecular formula is C8H10N4OS. The lowest BCUT2D eigenvalue weighted by Gasteiger charge is -2.08. The molecule has 0 spiro atoms. The number of carbonyl (C=O) groups is 1. The maximum absolute atomic E-state index is 11.4. The molecule has 0 fully saturated rings. The summed E-state index contributed by atoms with van der Waals surface area (Å²) in [6, 6.07) is 3.31. The van der Waals surface area contributed by atoms with Gasteiger partial charge in [0.1, 0.15) is 0 Å². The number of nitrogens with two attached hydrogens (primary N) is 1. The zero-order valence-electron chi connectivity index (χ0n) is 7.60. The van der Waals surface area contributed by atoms with Gasteiger partial charge in [-0.2, -0.15) is 5.10 Å². The van der Waals surface area contributed by atoms with Gasteiger partial charge in [-0.3, -0.25) is 4.79 Å². The van der Waals surface area contributed by atoms with Gasteiger partial charge in [0.15, 0.2) is 5.82 Å². The molecule has 3 N–H and O–H groups in total. The Labute approximate surface area is 86.7 Å². The third-order valence-electron chi connectivity index (χ3n) is 1.64. The zero-order chi connectivity index (χ0) is 10.6. The van der Waals surface area contributed by atoms with Crippen molar-refractivity contribution in [2.75, 3.05) is 5.32 Å². The molecule has 14 heavy (non-hydrogen) atoms. The van der Waals surface area contributed by atoms with Crippen molar-refractivity contribution in [1.82, 2.24) is 10.2 Å². The summed E-state index contributed by atoms with van der Waals surface area (Å²) < 4.78 is 0. The largest absolute Gasteiger partial charge is 0.393 e. The summed E-state index contributed by atoms with van der Waals surface area (Å²) >= 11 is 4.69. The molecule has 0 bridgehead atoms. The lowest BCUT2D eigenvalue weighted by molar-refractivity contribution is -0.117. The summed E-state index contributed by atoms with van der Waals surface area (Å²) in [5, 5.41) is 9.85. The van der Waals surface area contributed by atoms with E-state index in [9.17, 15) is 4.79 Å². The van der Waals surface area contributed by atoms with E-state index < -0.39 is 5.92 Å². The minimum absolute atomic E-state index is 0.159. The Bertz CT molecular complexity index is 340. The van der Waals surface area contributed by atoms with Crippen molar-refractivity contribution in [3.05, 3.63) is 18.3 Å². The van der Waals surface area contributed by atoms with Crippen molar-refractivity contribution in [2.45, 2.75) is 6.92 Å². The first kappa shape index (κ1) is 10.5. The average Bonchev–Trinajstić information content (AvgIpc) is 2.18. The van der Waals surface area contributed by atoms with Gasteiger partial charge in [0.25, 0.3) is 0 Å². The number of aromatic nitrogens is 2. The van der Waals surface area contributed by atoms with Gasteiger partial charge in [0, 0.05) is 6.20 Å². The van der Waals surface area contributed by atoms with E-state index in [2.05, 4.69) is 15.5 Å². The van der Waals surface area contributed by atoms with Crippen molar-refractivity contribution < 1.29 is 4.79 Å². The fourth-order valence-electron chi connectivity index (χ4n) is 0.732. The minimum atomic E-state index is -0.507. The van der Waals surface area contributed by atoms with Crippen LogP contribution < -0.4 is 11.1 Å². The number of nitrogens with zero attached hydrogens (tertiary/aromatic N) is 2. The molecule has 0 aliphatic heterocycles. The van der Waals surface area contributed by atoms with Crippen molar-refractivity contribution in [2.24, 2.45) is 11.7 Å². The molecule has 74 valence electrons. The highest BCUT2D eigenvalue weighted by atomic mass is 32.1. The summed E-state index contributed by atoms with van der Waals surface area (Å²) in [6.45, 7) is 1.63. The summed E-state index contributed by atoms with van der Waals surface area (Å²) in [5.41, 5.74) is 5.33. The van der Waals surface area contributed by atoms with E-state index in [4.69, 9.17) is 18.0 Å². The molecule has 0 saturated heterocycles. The first-order valence-electron chi connectivity index (χ1n) is 3.99. The van der Waals surface area contributed by atoms with E-state index in [-0.39, 0.29) is 10.9 Å². The molecule has 6 heteroatoms. The quantitative estimate of drug-likeness (QED) is 0.703. The van der Waals surface area contributed by atoms with Gasteiger partial charge in [-0.05, 0) is 19.1 Å². The van der Waals surface area contributed by atoms with Gasteiger partial charge >= 0.3 is 0 Å². The molecule has 0 aromatic carbocycles. The molecule has 0 radical (unpaired) electrons. The molecule has 1 rings (SSSR count). The van der Waals surface area contributed by atoms with Crippen molar-refractivity contribution in [3.63, 3.8) is 0 Å². The standard InChI is InChI=1S/C8H10N4OS/c1-5(7(9)14)8(13)11-6-3-2-4-10-12-6/h2-5H,1H3,(H2,9,14)(H,11,12,13). The van der Waals surface area contributed by atoms with E-state index in [0.717, 1.165) is 0 Å². The zero-order valence-corrected chi connectivity index (χ0v) is 8.41. The lowest BCUT2D eigenvalue weighted by Crippen LogP contribution is -2.31. The van der Waals surface area contributed by atoms with Crippen LogP contribution in [0, 0.1) is 5.92 Å². The summed E-state index contributed by atoms with van der Waals surface area (Å²) in [4.78, 5) is 11.6. The van der Waals surface area contributed by atoms with Gasteiger partial charge in [-0.1, -0.05) is 12.2 Å². The Kier molecular flexibility index (Phi) is 3.47. The number of nitrogens with one attached hydrogen (secondary N) is 1. The topological polar surface area (TPSA) is 80.9 Å². The van der Waals surface area contributed by atoms with Gasteiger partial charge in [-0.25, -0.2) is 0 Å². The number of rotatable bonds is 3. The van der Waals surface area contributed by atoms with Crippen LogP contribution in [0.15, 0.2) is 18.3 Å². The van der Waals surface area contributed by atoms with Crippen LogP contribution in [0.2, 0.25) is 0 Å². The van der Waals surface area contributed by atoms with Crippen LogP contribution in [-0.4, -0.2) is 21.1 Å². The third-order valence-corrected chi connectivity index (χ3v) is 2.00. The first-order chi connectivity index (χ1) is 6.61. The van der Waals surface area contributed by atoms with E-state index in [1.807, 2.05) is 0 Å². The fourth-order valence-corrected chi connectivity index (χ4v) is 0.839.